The van der Waals surface area contributed by atoms with E-state index in [1.165, 1.54) is 6.92 Å². The predicted molar refractivity (Wildman–Crippen MR) is 97.5 cm³/mol. The Bertz CT molecular complexity index is 784. The first-order valence-corrected chi connectivity index (χ1v) is 8.93. The summed E-state index contributed by atoms with van der Waals surface area (Å²) in [5.74, 6) is -0.835. The number of aliphatic hydroxyl groups excluding tert-OH is 3. The zero-order valence-corrected chi connectivity index (χ0v) is 15.5. The monoisotopic (exact) mass is 393 g/mol. The van der Waals surface area contributed by atoms with Gasteiger partial charge in [-0.3, -0.25) is 9.59 Å². The van der Waals surface area contributed by atoms with Crippen molar-refractivity contribution < 1.29 is 34.5 Å². The van der Waals surface area contributed by atoms with Crippen LogP contribution in [-0.2, 0) is 19.2 Å². The molecular weight excluding hydrogens is 370 g/mol. The summed E-state index contributed by atoms with van der Waals surface area (Å²) in [7, 11) is 0. The fraction of sp³-hybridized carbons (Fsp3) is 0.500. The Labute approximate surface area is 161 Å². The van der Waals surface area contributed by atoms with Gasteiger partial charge in [-0.05, 0) is 13.0 Å². The average molecular weight is 393 g/mol. The number of likely N-dealkylation sites (N-methyl/N-ethyl adjacent to an activating group) is 1. The number of para-hydroxylation sites is 1. The van der Waals surface area contributed by atoms with Gasteiger partial charge in [-0.25, -0.2) is 0 Å². The van der Waals surface area contributed by atoms with Crippen LogP contribution in [0.1, 0.15) is 19.4 Å². The summed E-state index contributed by atoms with van der Waals surface area (Å²) in [6.07, 6.45) is -5.34. The van der Waals surface area contributed by atoms with E-state index in [0.29, 0.717) is 17.8 Å². The van der Waals surface area contributed by atoms with Gasteiger partial charge in [0.1, 0.15) is 24.4 Å². The van der Waals surface area contributed by atoms with Crippen LogP contribution < -0.4 is 10.2 Å². The number of anilines is 1. The number of aliphatic hydroxyl groups is 3. The summed E-state index contributed by atoms with van der Waals surface area (Å²) in [6, 6.07) is 5.94. The number of amides is 2. The van der Waals surface area contributed by atoms with Crippen molar-refractivity contribution in [2.24, 2.45) is 5.16 Å². The Kier molecular flexibility index (Phi) is 5.94. The molecule has 2 aliphatic heterocycles. The van der Waals surface area contributed by atoms with Crippen LogP contribution in [0.2, 0.25) is 0 Å². The van der Waals surface area contributed by atoms with E-state index in [1.54, 1.807) is 29.2 Å². The minimum absolute atomic E-state index is 0.0591. The molecule has 0 radical (unpaired) electrons. The first-order chi connectivity index (χ1) is 13.4. The lowest BCUT2D eigenvalue weighted by Crippen LogP contribution is -2.64. The molecule has 1 aromatic rings. The molecule has 2 amide bonds. The summed E-state index contributed by atoms with van der Waals surface area (Å²) >= 11 is 0. The number of hydrogen-bond donors (Lipinski definition) is 4. The van der Waals surface area contributed by atoms with Gasteiger partial charge in [0.15, 0.2) is 5.71 Å². The Morgan fingerprint density at radius 1 is 1.32 bits per heavy atom. The van der Waals surface area contributed by atoms with Crippen LogP contribution in [0.25, 0.3) is 0 Å². The van der Waals surface area contributed by atoms with Crippen molar-refractivity contribution in [1.82, 2.24) is 5.32 Å². The van der Waals surface area contributed by atoms with Gasteiger partial charge < -0.3 is 35.1 Å². The third kappa shape index (κ3) is 3.59. The molecule has 10 heteroatoms. The highest BCUT2D eigenvalue weighted by Crippen LogP contribution is 2.29. The van der Waals surface area contributed by atoms with Gasteiger partial charge >= 0.3 is 0 Å². The molecule has 2 heterocycles. The van der Waals surface area contributed by atoms with Gasteiger partial charge in [0, 0.05) is 19.0 Å². The Morgan fingerprint density at radius 2 is 2.04 bits per heavy atom. The van der Waals surface area contributed by atoms with E-state index in [1.807, 2.05) is 6.92 Å². The smallest absolute Gasteiger partial charge is 0.281 e. The Morgan fingerprint density at radius 3 is 2.68 bits per heavy atom. The van der Waals surface area contributed by atoms with E-state index in [0.717, 1.165) is 0 Å². The average Bonchev–Trinajstić information content (AvgIpc) is 2.95. The number of nitrogens with one attached hydrogen (secondary N) is 1. The molecule has 1 fully saturated rings. The summed E-state index contributed by atoms with van der Waals surface area (Å²) in [4.78, 5) is 31.0. The van der Waals surface area contributed by atoms with Crippen LogP contribution in [0, 0.1) is 0 Å². The molecule has 3 rings (SSSR count). The molecule has 0 aliphatic carbocycles. The maximum absolute atomic E-state index is 12.6. The van der Waals surface area contributed by atoms with Gasteiger partial charge in [0.25, 0.3) is 5.91 Å². The van der Waals surface area contributed by atoms with Gasteiger partial charge in [0.05, 0.1) is 12.3 Å². The largest absolute Gasteiger partial charge is 0.394 e. The molecule has 5 atom stereocenters. The van der Waals surface area contributed by atoms with E-state index in [-0.39, 0.29) is 11.6 Å². The van der Waals surface area contributed by atoms with E-state index < -0.39 is 43.2 Å². The maximum Gasteiger partial charge on any atom is 0.281 e. The van der Waals surface area contributed by atoms with Crippen molar-refractivity contribution in [1.29, 1.82) is 0 Å². The van der Waals surface area contributed by atoms with Crippen molar-refractivity contribution in [3.63, 3.8) is 0 Å². The zero-order valence-electron chi connectivity index (χ0n) is 15.5. The van der Waals surface area contributed by atoms with Crippen molar-refractivity contribution in [2.45, 2.75) is 44.5 Å². The highest BCUT2D eigenvalue weighted by Gasteiger charge is 2.46. The Balaban J connectivity index is 1.88. The van der Waals surface area contributed by atoms with Gasteiger partial charge in [-0.1, -0.05) is 23.4 Å². The molecular formula is C18H23N3O7. The molecule has 0 aromatic heterocycles. The minimum Gasteiger partial charge on any atom is -0.394 e. The third-order valence-electron chi connectivity index (χ3n) is 4.71. The van der Waals surface area contributed by atoms with Crippen molar-refractivity contribution in [3.05, 3.63) is 29.8 Å². The first kappa shape index (κ1) is 20.2. The van der Waals surface area contributed by atoms with Gasteiger partial charge in [0.2, 0.25) is 12.2 Å². The Hall–Kier alpha value is -2.53. The molecule has 0 saturated carbocycles. The molecule has 28 heavy (non-hydrogen) atoms. The molecule has 0 bridgehead atoms. The van der Waals surface area contributed by atoms with Crippen LogP contribution in [0.5, 0.6) is 0 Å². The van der Waals surface area contributed by atoms with Crippen molar-refractivity contribution >= 4 is 23.2 Å². The molecule has 5 unspecified atom stereocenters. The number of ether oxygens (including phenoxy) is 1. The number of fused-ring (bicyclic) bond motifs is 1. The number of hydrogen-bond acceptors (Lipinski definition) is 8. The highest BCUT2D eigenvalue weighted by atomic mass is 16.8. The summed E-state index contributed by atoms with van der Waals surface area (Å²) in [5, 5.41) is 36.0. The molecule has 0 spiro atoms. The number of benzene rings is 1. The predicted octanol–water partition coefficient (Wildman–Crippen LogP) is -1.28. The molecule has 152 valence electrons. The summed E-state index contributed by atoms with van der Waals surface area (Å²) < 4.78 is 5.44. The lowest BCUT2D eigenvalue weighted by Gasteiger charge is -2.40. The topological polar surface area (TPSA) is 141 Å². The molecule has 4 N–H and O–H groups in total. The lowest BCUT2D eigenvalue weighted by molar-refractivity contribution is -0.270. The van der Waals surface area contributed by atoms with Crippen LogP contribution in [0.3, 0.4) is 0 Å². The molecule has 2 aliphatic rings. The van der Waals surface area contributed by atoms with Crippen LogP contribution >= 0.6 is 0 Å². The molecule has 1 aromatic carbocycles. The summed E-state index contributed by atoms with van der Waals surface area (Å²) in [5.41, 5.74) is 1.34. The highest BCUT2D eigenvalue weighted by molar-refractivity contribution is 6.54. The quantitative estimate of drug-likeness (QED) is 0.457. The zero-order chi connectivity index (χ0) is 20.4. The normalized spacial score (nSPS) is 31.0. The van der Waals surface area contributed by atoms with E-state index in [2.05, 4.69) is 10.5 Å². The van der Waals surface area contributed by atoms with Crippen molar-refractivity contribution in [2.75, 3.05) is 18.1 Å². The standard InChI is InChI=1S/C18H23N3O7/c1-3-21-11-7-5-4-6-10(11)13(17(21)26)20-28-18-14(19-9(2)23)16(25)15(24)12(8-22)27-18/h4-7,12,14-16,18,22,24-25H,3,8H2,1-2H3,(H,19,23)/b20-13+. The molecule has 10 nitrogen and oxygen atoms in total. The third-order valence-corrected chi connectivity index (χ3v) is 4.71. The second-order valence-electron chi connectivity index (χ2n) is 6.54. The summed E-state index contributed by atoms with van der Waals surface area (Å²) in [6.45, 7) is 2.93. The second kappa shape index (κ2) is 8.23. The van der Waals surface area contributed by atoms with E-state index in [4.69, 9.17) is 9.57 Å². The van der Waals surface area contributed by atoms with E-state index >= 15 is 0 Å². The first-order valence-electron chi connectivity index (χ1n) is 8.93. The van der Waals surface area contributed by atoms with Crippen molar-refractivity contribution in [3.8, 4) is 0 Å². The lowest BCUT2D eigenvalue weighted by atomic mass is 9.97. The number of oxime groups is 1. The number of rotatable bonds is 5. The van der Waals surface area contributed by atoms with Crippen LogP contribution in [0.15, 0.2) is 29.4 Å². The molecule has 1 saturated heterocycles. The SMILES string of the molecule is CCN1C(=O)/C(=N/OC2OC(CO)C(O)C(O)C2NC(C)=O)c2ccccc21. The van der Waals surface area contributed by atoms with Gasteiger partial charge in [-0.15, -0.1) is 0 Å². The fourth-order valence-electron chi connectivity index (χ4n) is 3.33. The number of carbonyl (C=O) groups is 2. The van der Waals surface area contributed by atoms with Crippen LogP contribution in [-0.4, -0.2) is 76.6 Å². The number of nitrogens with zero attached hydrogens (tertiary/aromatic N) is 2. The minimum atomic E-state index is -1.46. The second-order valence-corrected chi connectivity index (χ2v) is 6.54. The van der Waals surface area contributed by atoms with E-state index in [9.17, 15) is 24.9 Å². The van der Waals surface area contributed by atoms with Gasteiger partial charge in [-0.2, -0.15) is 0 Å². The maximum atomic E-state index is 12.6. The van der Waals surface area contributed by atoms with Crippen LogP contribution in [0.4, 0.5) is 5.69 Å². The fourth-order valence-corrected chi connectivity index (χ4v) is 3.33. The number of carbonyl (C=O) groups excluding carboxylic acids is 2.